The first-order valence-corrected chi connectivity index (χ1v) is 12.2. The number of fused-ring (bicyclic) bond motifs is 2. The molecule has 5 rings (SSSR count). The normalized spacial score (nSPS) is 27.5. The number of aliphatic hydroxyl groups excluding tert-OH is 2. The maximum absolute atomic E-state index is 13.4. The van der Waals surface area contributed by atoms with Gasteiger partial charge in [-0.15, -0.1) is 0 Å². The van der Waals surface area contributed by atoms with Crippen molar-refractivity contribution in [1.29, 1.82) is 0 Å². The van der Waals surface area contributed by atoms with Crippen molar-refractivity contribution in [2.75, 3.05) is 11.9 Å². The predicted octanol–water partition coefficient (Wildman–Crippen LogP) is 2.53. The van der Waals surface area contributed by atoms with Gasteiger partial charge in [0.2, 0.25) is 0 Å². The third-order valence-electron chi connectivity index (χ3n) is 6.79. The van der Waals surface area contributed by atoms with Gasteiger partial charge in [0.1, 0.15) is 6.10 Å². The fraction of sp³-hybridized carbons (Fsp3) is 0.409. The summed E-state index contributed by atoms with van der Waals surface area (Å²) in [4.78, 5) is 12.3. The van der Waals surface area contributed by atoms with Crippen LogP contribution in [-0.4, -0.2) is 53.2 Å². The quantitative estimate of drug-likeness (QED) is 0.482. The van der Waals surface area contributed by atoms with E-state index in [0.717, 1.165) is 18.2 Å². The summed E-state index contributed by atoms with van der Waals surface area (Å²) < 4.78 is 53.2. The van der Waals surface area contributed by atoms with Gasteiger partial charge in [0.25, 0.3) is 5.91 Å². The highest BCUT2D eigenvalue weighted by molar-refractivity contribution is 7.92. The van der Waals surface area contributed by atoms with E-state index in [4.69, 9.17) is 11.6 Å². The van der Waals surface area contributed by atoms with Crippen LogP contribution in [0.3, 0.4) is 0 Å². The number of amides is 1. The molecule has 0 saturated heterocycles. The lowest BCUT2D eigenvalue weighted by Crippen LogP contribution is -2.68. The van der Waals surface area contributed by atoms with Crippen molar-refractivity contribution < 1.29 is 37.3 Å². The minimum Gasteiger partial charge on any atom is -0.394 e. The molecule has 11 heteroatoms. The molecule has 1 amide bonds. The molecular weight excluding hydrogens is 480 g/mol. The van der Waals surface area contributed by atoms with Crippen LogP contribution in [0.15, 0.2) is 41.3 Å². The van der Waals surface area contributed by atoms with Gasteiger partial charge in [0, 0.05) is 17.3 Å². The lowest BCUT2D eigenvalue weighted by molar-refractivity contribution is -0.237. The number of hydrogen-bond acceptors (Lipinski definition) is 6. The molecule has 7 nitrogen and oxygen atoms in total. The largest absolute Gasteiger partial charge is 0.394 e. The summed E-state index contributed by atoms with van der Waals surface area (Å²) in [5, 5.41) is 31.4. The third-order valence-corrected chi connectivity index (χ3v) is 9.45. The Hall–Kier alpha value is -2.11. The van der Waals surface area contributed by atoms with Gasteiger partial charge in [-0.2, -0.15) is 0 Å². The zero-order valence-electron chi connectivity index (χ0n) is 17.2. The molecule has 0 heterocycles. The van der Waals surface area contributed by atoms with Crippen molar-refractivity contribution in [3.05, 3.63) is 58.6 Å². The highest BCUT2D eigenvalue weighted by atomic mass is 35.5. The Bertz CT molecular complexity index is 1200. The van der Waals surface area contributed by atoms with Gasteiger partial charge >= 0.3 is 0 Å². The minimum atomic E-state index is -4.00. The van der Waals surface area contributed by atoms with Gasteiger partial charge < -0.3 is 20.6 Å². The monoisotopic (exact) mass is 501 g/mol. The van der Waals surface area contributed by atoms with Crippen LogP contribution in [0.1, 0.15) is 29.6 Å². The highest BCUT2D eigenvalue weighted by Gasteiger charge is 2.63. The summed E-state index contributed by atoms with van der Waals surface area (Å²) in [5.41, 5.74) is -1.57. The van der Waals surface area contributed by atoms with Crippen molar-refractivity contribution in [2.45, 2.75) is 41.1 Å². The molecular formula is C22H22ClF2NO6S. The molecule has 2 aromatic carbocycles. The van der Waals surface area contributed by atoms with E-state index >= 15 is 0 Å². The van der Waals surface area contributed by atoms with Gasteiger partial charge in [-0.05, 0) is 61.4 Å². The van der Waals surface area contributed by atoms with Gasteiger partial charge in [-0.1, -0.05) is 11.6 Å². The Balaban J connectivity index is 1.56. The van der Waals surface area contributed by atoms with E-state index in [2.05, 4.69) is 5.32 Å². The third kappa shape index (κ3) is 4.04. The summed E-state index contributed by atoms with van der Waals surface area (Å²) in [5.74, 6) is -3.93. The zero-order chi connectivity index (χ0) is 24.1. The van der Waals surface area contributed by atoms with Crippen molar-refractivity contribution in [3.8, 4) is 0 Å². The molecule has 0 aromatic heterocycles. The summed E-state index contributed by atoms with van der Waals surface area (Å²) in [6, 6.07) is 6.53. The predicted molar refractivity (Wildman–Crippen MR) is 116 cm³/mol. The molecule has 4 N–H and O–H groups in total. The second kappa shape index (κ2) is 8.59. The van der Waals surface area contributed by atoms with E-state index in [9.17, 15) is 37.3 Å². The maximum atomic E-state index is 13.4. The first-order chi connectivity index (χ1) is 15.5. The van der Waals surface area contributed by atoms with Crippen molar-refractivity contribution in [3.63, 3.8) is 0 Å². The second-order valence-electron chi connectivity index (χ2n) is 8.58. The Morgan fingerprint density at radius 1 is 1.12 bits per heavy atom. The van der Waals surface area contributed by atoms with Gasteiger partial charge in [-0.25, -0.2) is 17.2 Å². The fourth-order valence-corrected chi connectivity index (χ4v) is 7.36. The molecule has 3 aliphatic carbocycles. The van der Waals surface area contributed by atoms with Crippen molar-refractivity contribution >= 4 is 33.0 Å². The van der Waals surface area contributed by atoms with Crippen LogP contribution >= 0.6 is 11.6 Å². The molecule has 0 radical (unpaired) electrons. The van der Waals surface area contributed by atoms with Gasteiger partial charge in [0.05, 0.1) is 27.4 Å². The first-order valence-electron chi connectivity index (χ1n) is 10.3. The van der Waals surface area contributed by atoms with E-state index in [1.54, 1.807) is 0 Å². The number of rotatable bonds is 6. The minimum absolute atomic E-state index is 0.00708. The standard InChI is InChI=1S/C22H22ClF2NO6S/c23-16-3-1-11(21(29)26-14-2-4-17(24)18(25)9-14)5-19(16)33(31,32)15-7-12-6-13(8-15)22(12,30)20(28)10-27/h1-5,9,12-13,15,20,27-28,30H,6-8,10H2,(H,26,29)/t12?,13?,15-,20?,22-. The molecule has 3 atom stereocenters. The van der Waals surface area contributed by atoms with Crippen LogP contribution in [0.2, 0.25) is 5.02 Å². The zero-order valence-corrected chi connectivity index (χ0v) is 18.8. The summed E-state index contributed by atoms with van der Waals surface area (Å²) in [7, 11) is -4.00. The molecule has 33 heavy (non-hydrogen) atoms. The Morgan fingerprint density at radius 2 is 1.79 bits per heavy atom. The van der Waals surface area contributed by atoms with Crippen LogP contribution in [-0.2, 0) is 9.84 Å². The van der Waals surface area contributed by atoms with E-state index in [-0.39, 0.29) is 34.0 Å². The van der Waals surface area contributed by atoms with Gasteiger partial charge in [0.15, 0.2) is 21.5 Å². The Morgan fingerprint density at radius 3 is 2.39 bits per heavy atom. The first kappa shape index (κ1) is 24.0. The molecule has 0 spiro atoms. The van der Waals surface area contributed by atoms with Crippen LogP contribution in [0.4, 0.5) is 14.5 Å². The molecule has 3 aliphatic rings. The second-order valence-corrected chi connectivity index (χ2v) is 11.2. The summed E-state index contributed by atoms with van der Waals surface area (Å²) >= 11 is 6.16. The van der Waals surface area contributed by atoms with Gasteiger partial charge in [-0.3, -0.25) is 4.79 Å². The Kier molecular flexibility index (Phi) is 6.25. The number of hydrogen-bond donors (Lipinski definition) is 4. The number of halogens is 3. The van der Waals surface area contributed by atoms with Crippen LogP contribution in [0.25, 0.3) is 0 Å². The average molecular weight is 502 g/mol. The van der Waals surface area contributed by atoms with Crippen LogP contribution in [0.5, 0.6) is 0 Å². The molecule has 3 unspecified atom stereocenters. The number of carbonyl (C=O) groups excluding carboxylic acids is 1. The lowest BCUT2D eigenvalue weighted by Gasteiger charge is -2.59. The number of sulfone groups is 1. The highest BCUT2D eigenvalue weighted by Crippen LogP contribution is 2.57. The van der Waals surface area contributed by atoms with Crippen molar-refractivity contribution in [2.24, 2.45) is 11.8 Å². The van der Waals surface area contributed by atoms with Crippen LogP contribution < -0.4 is 5.32 Å². The van der Waals surface area contributed by atoms with E-state index in [0.29, 0.717) is 6.42 Å². The Labute approximate surface area is 193 Å². The van der Waals surface area contributed by atoms with E-state index in [1.807, 2.05) is 0 Å². The lowest BCUT2D eigenvalue weighted by atomic mass is 9.52. The SMILES string of the molecule is O=C(Nc1ccc(F)c(F)c1)c1ccc(Cl)c(S(=O)(=O)[C@H]2CC3CC(C2)[C@]3(O)C(O)CO)c1. The average Bonchev–Trinajstić information content (AvgIpc) is 2.80. The molecule has 2 aromatic rings. The number of carbonyl (C=O) groups is 1. The molecule has 3 fully saturated rings. The number of benzene rings is 2. The number of nitrogens with one attached hydrogen (secondary N) is 1. The molecule has 3 saturated carbocycles. The van der Waals surface area contributed by atoms with E-state index < -0.39 is 62.8 Å². The summed E-state index contributed by atoms with van der Waals surface area (Å²) in [6.45, 7) is -0.623. The topological polar surface area (TPSA) is 124 Å². The smallest absolute Gasteiger partial charge is 0.255 e. The number of aliphatic hydroxyl groups is 3. The fourth-order valence-electron chi connectivity index (χ4n) is 4.96. The van der Waals surface area contributed by atoms with Crippen LogP contribution in [0, 0.1) is 23.5 Å². The van der Waals surface area contributed by atoms with Crippen molar-refractivity contribution in [1.82, 2.24) is 0 Å². The van der Waals surface area contributed by atoms with E-state index in [1.165, 1.54) is 18.2 Å². The molecule has 2 bridgehead atoms. The molecule has 0 aliphatic heterocycles. The number of anilines is 1. The summed E-state index contributed by atoms with van der Waals surface area (Å²) in [6.07, 6.45) is -0.650. The molecule has 178 valence electrons. The maximum Gasteiger partial charge on any atom is 0.255 e.